The number of sulfonamides is 1. The molecule has 2 aliphatic heterocycles. The first kappa shape index (κ1) is 22.4. The van der Waals surface area contributed by atoms with Crippen LogP contribution in [0.5, 0.6) is 0 Å². The minimum atomic E-state index is -3.59. The van der Waals surface area contributed by atoms with E-state index in [0.717, 1.165) is 42.7 Å². The molecule has 2 aromatic carbocycles. The van der Waals surface area contributed by atoms with Crippen molar-refractivity contribution in [1.29, 1.82) is 0 Å². The molecular weight excluding hydrogens is 458 g/mol. The van der Waals surface area contributed by atoms with Crippen molar-refractivity contribution >= 4 is 45.0 Å². The average Bonchev–Trinajstić information content (AvgIpc) is 3.35. The van der Waals surface area contributed by atoms with E-state index >= 15 is 0 Å². The lowest BCUT2D eigenvalue weighted by Gasteiger charge is -2.30. The molecule has 2 fully saturated rings. The van der Waals surface area contributed by atoms with Crippen molar-refractivity contribution in [2.75, 3.05) is 17.3 Å². The maximum atomic E-state index is 13.4. The van der Waals surface area contributed by atoms with Gasteiger partial charge in [0.05, 0.1) is 10.6 Å². The van der Waals surface area contributed by atoms with E-state index in [-0.39, 0.29) is 22.8 Å². The lowest BCUT2D eigenvalue weighted by Crippen LogP contribution is -2.49. The van der Waals surface area contributed by atoms with Crippen molar-refractivity contribution in [2.45, 2.75) is 65.6 Å². The highest BCUT2D eigenvalue weighted by Crippen LogP contribution is 2.56. The molecule has 9 heteroatoms. The van der Waals surface area contributed by atoms with Crippen LogP contribution in [0.25, 0.3) is 0 Å². The minimum absolute atomic E-state index is 0.0362. The summed E-state index contributed by atoms with van der Waals surface area (Å²) in [6, 6.07) is 13.9. The summed E-state index contributed by atoms with van der Waals surface area (Å²) < 4.78 is 27.6. The SMILES string of the molecule is CN(C1CCCCC1)S(=O)(=O)c1ccc(NC(=O)C23CCC(=O)N2c2ccccc2S3)cc1. The number of carbonyl (C=O) groups excluding carboxylic acids is 2. The van der Waals surface area contributed by atoms with E-state index in [2.05, 4.69) is 5.32 Å². The van der Waals surface area contributed by atoms with Gasteiger partial charge in [0.15, 0.2) is 4.87 Å². The second-order valence-electron chi connectivity index (χ2n) is 8.87. The maximum Gasteiger partial charge on any atom is 0.261 e. The first-order chi connectivity index (χ1) is 15.8. The summed E-state index contributed by atoms with van der Waals surface area (Å²) in [6.45, 7) is 0. The van der Waals surface area contributed by atoms with Gasteiger partial charge in [0.25, 0.3) is 5.91 Å². The van der Waals surface area contributed by atoms with Crippen LogP contribution >= 0.6 is 11.8 Å². The van der Waals surface area contributed by atoms with E-state index in [4.69, 9.17) is 0 Å². The largest absolute Gasteiger partial charge is 0.323 e. The molecule has 1 saturated heterocycles. The smallest absolute Gasteiger partial charge is 0.261 e. The van der Waals surface area contributed by atoms with Crippen LogP contribution in [0.15, 0.2) is 58.3 Å². The predicted octanol–water partition coefficient (Wildman–Crippen LogP) is 4.21. The lowest BCUT2D eigenvalue weighted by molar-refractivity contribution is -0.121. The fraction of sp³-hybridized carbons (Fsp3) is 0.417. The number of amides is 2. The highest BCUT2D eigenvalue weighted by atomic mass is 32.2. The van der Waals surface area contributed by atoms with Gasteiger partial charge in [0.1, 0.15) is 0 Å². The minimum Gasteiger partial charge on any atom is -0.323 e. The molecule has 0 spiro atoms. The Morgan fingerprint density at radius 1 is 1.09 bits per heavy atom. The summed E-state index contributed by atoms with van der Waals surface area (Å²) >= 11 is 1.40. The zero-order valence-electron chi connectivity index (χ0n) is 18.5. The fourth-order valence-electron chi connectivity index (χ4n) is 5.04. The molecule has 1 N–H and O–H groups in total. The number of carbonyl (C=O) groups is 2. The Kier molecular flexibility index (Phi) is 5.74. The number of benzene rings is 2. The second-order valence-corrected chi connectivity index (χ2v) is 12.2. The van der Waals surface area contributed by atoms with E-state index in [9.17, 15) is 18.0 Å². The third-order valence-electron chi connectivity index (χ3n) is 6.91. The van der Waals surface area contributed by atoms with Crippen LogP contribution in [0.2, 0.25) is 0 Å². The van der Waals surface area contributed by atoms with Gasteiger partial charge in [0.2, 0.25) is 15.9 Å². The topological polar surface area (TPSA) is 86.8 Å². The molecule has 1 atom stereocenters. The number of thioether (sulfide) groups is 1. The summed E-state index contributed by atoms with van der Waals surface area (Å²) in [6.07, 6.45) is 5.79. The number of para-hydroxylation sites is 1. The Labute approximate surface area is 198 Å². The lowest BCUT2D eigenvalue weighted by atomic mass is 9.96. The van der Waals surface area contributed by atoms with Gasteiger partial charge in [-0.1, -0.05) is 43.2 Å². The molecule has 0 bridgehead atoms. The number of nitrogens with zero attached hydrogens (tertiary/aromatic N) is 2. The van der Waals surface area contributed by atoms with E-state index in [1.165, 1.54) is 28.2 Å². The predicted molar refractivity (Wildman–Crippen MR) is 129 cm³/mol. The molecular formula is C24H27N3O4S2. The first-order valence-corrected chi connectivity index (χ1v) is 13.6. The molecule has 2 amide bonds. The molecule has 33 heavy (non-hydrogen) atoms. The van der Waals surface area contributed by atoms with Gasteiger partial charge in [0, 0.05) is 30.1 Å². The molecule has 5 rings (SSSR count). The maximum absolute atomic E-state index is 13.4. The highest BCUT2D eigenvalue weighted by molar-refractivity contribution is 8.02. The summed E-state index contributed by atoms with van der Waals surface area (Å²) in [5, 5.41) is 2.91. The summed E-state index contributed by atoms with van der Waals surface area (Å²) in [5.74, 6) is -0.334. The van der Waals surface area contributed by atoms with Crippen LogP contribution in [-0.2, 0) is 19.6 Å². The van der Waals surface area contributed by atoms with Gasteiger partial charge in [-0.25, -0.2) is 8.42 Å². The normalized spacial score (nSPS) is 23.0. The number of hydrogen-bond donors (Lipinski definition) is 1. The van der Waals surface area contributed by atoms with Crippen molar-refractivity contribution in [3.05, 3.63) is 48.5 Å². The van der Waals surface area contributed by atoms with Gasteiger partial charge >= 0.3 is 0 Å². The number of anilines is 2. The van der Waals surface area contributed by atoms with Crippen LogP contribution in [0.4, 0.5) is 11.4 Å². The number of hydrogen-bond acceptors (Lipinski definition) is 5. The second kappa shape index (κ2) is 8.45. The fourth-order valence-corrected chi connectivity index (χ4v) is 7.87. The number of nitrogens with one attached hydrogen (secondary N) is 1. The van der Waals surface area contributed by atoms with Gasteiger partial charge in [-0.2, -0.15) is 4.31 Å². The van der Waals surface area contributed by atoms with Crippen molar-refractivity contribution < 1.29 is 18.0 Å². The molecule has 3 aliphatic rings. The van der Waals surface area contributed by atoms with Gasteiger partial charge < -0.3 is 5.32 Å². The monoisotopic (exact) mass is 485 g/mol. The van der Waals surface area contributed by atoms with Crippen LogP contribution in [0.3, 0.4) is 0 Å². The van der Waals surface area contributed by atoms with Crippen molar-refractivity contribution in [3.63, 3.8) is 0 Å². The van der Waals surface area contributed by atoms with E-state index in [1.807, 2.05) is 24.3 Å². The summed E-state index contributed by atoms with van der Waals surface area (Å²) in [7, 11) is -1.94. The Morgan fingerprint density at radius 3 is 2.52 bits per heavy atom. The molecule has 1 unspecified atom stereocenters. The third-order valence-corrected chi connectivity index (χ3v) is 10.3. The highest BCUT2D eigenvalue weighted by Gasteiger charge is 2.57. The summed E-state index contributed by atoms with van der Waals surface area (Å²) in [4.78, 5) is 27.7. The third kappa shape index (κ3) is 3.76. The molecule has 1 saturated carbocycles. The van der Waals surface area contributed by atoms with Crippen LogP contribution in [-0.4, -0.2) is 42.5 Å². The first-order valence-electron chi connectivity index (χ1n) is 11.3. The van der Waals surface area contributed by atoms with Crippen molar-refractivity contribution in [1.82, 2.24) is 4.31 Å². The molecule has 7 nitrogen and oxygen atoms in total. The van der Waals surface area contributed by atoms with E-state index < -0.39 is 14.9 Å². The molecule has 1 aliphatic carbocycles. The zero-order valence-corrected chi connectivity index (χ0v) is 20.1. The Hall–Kier alpha value is -2.36. The zero-order chi connectivity index (χ0) is 23.2. The molecule has 174 valence electrons. The van der Waals surface area contributed by atoms with E-state index in [0.29, 0.717) is 18.5 Å². The summed E-state index contributed by atoms with van der Waals surface area (Å²) in [5.41, 5.74) is 1.27. The van der Waals surface area contributed by atoms with Gasteiger partial charge in [-0.3, -0.25) is 14.5 Å². The van der Waals surface area contributed by atoms with E-state index in [1.54, 1.807) is 24.1 Å². The Bertz CT molecular complexity index is 1190. The molecule has 2 heterocycles. The number of rotatable bonds is 5. The van der Waals surface area contributed by atoms with Gasteiger partial charge in [-0.05, 0) is 55.7 Å². The van der Waals surface area contributed by atoms with Crippen LogP contribution in [0.1, 0.15) is 44.9 Å². The van der Waals surface area contributed by atoms with Gasteiger partial charge in [-0.15, -0.1) is 0 Å². The standard InChI is InChI=1S/C24H27N3O4S2/c1-26(18-7-3-2-4-8-18)33(30,31)19-13-11-17(12-14-19)25-23(29)24-16-15-22(28)27(24)20-9-5-6-10-21(20)32-24/h5-6,9-14,18H,2-4,7-8,15-16H2,1H3,(H,25,29). The van der Waals surface area contributed by atoms with Crippen LogP contribution in [0, 0.1) is 0 Å². The molecule has 2 aromatic rings. The van der Waals surface area contributed by atoms with Crippen molar-refractivity contribution in [2.24, 2.45) is 0 Å². The quantitative estimate of drug-likeness (QED) is 0.686. The molecule has 0 radical (unpaired) electrons. The number of fused-ring (bicyclic) bond motifs is 3. The van der Waals surface area contributed by atoms with Crippen LogP contribution < -0.4 is 10.2 Å². The molecule has 0 aromatic heterocycles. The Morgan fingerprint density at radius 2 is 1.79 bits per heavy atom. The van der Waals surface area contributed by atoms with Crippen molar-refractivity contribution in [3.8, 4) is 0 Å². The average molecular weight is 486 g/mol. The Balaban J connectivity index is 1.34.